The van der Waals surface area contributed by atoms with Crippen LogP contribution in [0.25, 0.3) is 11.1 Å². The Morgan fingerprint density at radius 1 is 1.03 bits per heavy atom. The maximum Gasteiger partial charge on any atom is 0.406 e. The maximum atomic E-state index is 15.1. The summed E-state index contributed by atoms with van der Waals surface area (Å²) in [5, 5.41) is -0.114. The van der Waals surface area contributed by atoms with Crippen LogP contribution in [0.5, 0.6) is 5.75 Å². The molecule has 4 nitrogen and oxygen atoms in total. The van der Waals surface area contributed by atoms with Gasteiger partial charge in [0.25, 0.3) is 6.29 Å². The van der Waals surface area contributed by atoms with Gasteiger partial charge in [-0.3, -0.25) is 0 Å². The molecule has 0 radical (unpaired) electrons. The van der Waals surface area contributed by atoms with Crippen molar-refractivity contribution >= 4 is 23.2 Å². The van der Waals surface area contributed by atoms with E-state index in [-0.39, 0.29) is 52.7 Å². The minimum atomic E-state index is -3.55. The normalized spacial score (nSPS) is 23.9. The van der Waals surface area contributed by atoms with E-state index in [1.807, 2.05) is 6.92 Å². The Kier molecular flexibility index (Phi) is 10.1. The Hall–Kier alpha value is -1.91. The summed E-state index contributed by atoms with van der Waals surface area (Å²) in [7, 11) is 0. The highest BCUT2D eigenvalue weighted by atomic mass is 35.5. The number of benzene rings is 2. The van der Waals surface area contributed by atoms with E-state index >= 15 is 4.39 Å². The maximum absolute atomic E-state index is 15.1. The fourth-order valence-electron chi connectivity index (χ4n) is 5.05. The van der Waals surface area contributed by atoms with Crippen LogP contribution in [0.3, 0.4) is 0 Å². The summed E-state index contributed by atoms with van der Waals surface area (Å²) in [5.41, 5.74) is 1.30. The van der Waals surface area contributed by atoms with Crippen LogP contribution in [0.4, 0.5) is 22.0 Å². The molecular formula is C28H29Cl2F5O4. The molecule has 2 aliphatic rings. The predicted octanol–water partition coefficient (Wildman–Crippen LogP) is 9.34. The molecule has 0 atom stereocenters. The van der Waals surface area contributed by atoms with Crippen LogP contribution in [0.2, 0.25) is 10.0 Å². The lowest BCUT2D eigenvalue weighted by Gasteiger charge is -2.36. The van der Waals surface area contributed by atoms with Gasteiger partial charge in [-0.05, 0) is 67.3 Å². The van der Waals surface area contributed by atoms with Gasteiger partial charge in [0.05, 0.1) is 29.4 Å². The van der Waals surface area contributed by atoms with E-state index in [0.29, 0.717) is 31.2 Å². The lowest BCUT2D eigenvalue weighted by Crippen LogP contribution is -2.47. The van der Waals surface area contributed by atoms with Crippen LogP contribution < -0.4 is 4.74 Å². The van der Waals surface area contributed by atoms with E-state index in [1.54, 1.807) is 12.1 Å². The van der Waals surface area contributed by atoms with Gasteiger partial charge in [0.15, 0.2) is 12.0 Å². The molecule has 2 aromatic rings. The summed E-state index contributed by atoms with van der Waals surface area (Å²) in [5.74, 6) is -0.605. The number of halogens is 7. The molecule has 0 amide bonds. The van der Waals surface area contributed by atoms with Crippen molar-refractivity contribution in [3.63, 3.8) is 0 Å². The van der Waals surface area contributed by atoms with Crippen molar-refractivity contribution in [2.45, 2.75) is 69.9 Å². The molecule has 0 spiro atoms. The number of ether oxygens (including phenoxy) is 4. The molecule has 1 aliphatic heterocycles. The van der Waals surface area contributed by atoms with Gasteiger partial charge in [0.2, 0.25) is 0 Å². The summed E-state index contributed by atoms with van der Waals surface area (Å²) in [6, 6.07) is 7.49. The second kappa shape index (κ2) is 13.2. The second-order valence-electron chi connectivity index (χ2n) is 9.84. The highest BCUT2D eigenvalue weighted by molar-refractivity contribution is 6.37. The van der Waals surface area contributed by atoms with Crippen molar-refractivity contribution in [3.05, 3.63) is 64.1 Å². The number of rotatable bonds is 9. The van der Waals surface area contributed by atoms with Crippen LogP contribution in [0, 0.1) is 11.7 Å². The van der Waals surface area contributed by atoms with E-state index in [1.165, 1.54) is 18.2 Å². The molecule has 0 aromatic heterocycles. The van der Waals surface area contributed by atoms with Gasteiger partial charge in [0.1, 0.15) is 5.82 Å². The summed E-state index contributed by atoms with van der Waals surface area (Å²) in [6.07, 6.45) is -4.12. The molecule has 0 bridgehead atoms. The van der Waals surface area contributed by atoms with Gasteiger partial charge < -0.3 is 18.9 Å². The topological polar surface area (TPSA) is 36.9 Å². The van der Waals surface area contributed by atoms with Gasteiger partial charge in [0, 0.05) is 11.5 Å². The standard InChI is InChI=1S/C28H29Cl2F5O4/c1-2-3-16-13-37-27(38-14-16)28(34,35)39-20-7-4-17(5-8-20)18-6-9-21(24(31)12-18)19-10-22(29)26(23(30)11-19)36-15-25(32)33/h6,9-12,15-17,20,27H,2-5,7-8,13-14H2,1H3. The molecule has 0 unspecified atom stereocenters. The zero-order valence-corrected chi connectivity index (χ0v) is 22.7. The largest absolute Gasteiger partial charge is 0.456 e. The first-order valence-electron chi connectivity index (χ1n) is 12.8. The van der Waals surface area contributed by atoms with E-state index < -0.39 is 30.4 Å². The van der Waals surface area contributed by atoms with Gasteiger partial charge in [-0.25, -0.2) is 4.39 Å². The first kappa shape index (κ1) is 30.1. The SMILES string of the molecule is CCCC1COC(C(F)(F)OC2CCC(c3ccc(-c4cc(Cl)c(OC=C(F)F)c(Cl)c4)c(F)c3)CC2)OC1. The predicted molar refractivity (Wildman–Crippen MR) is 138 cm³/mol. The molecule has 1 saturated carbocycles. The third kappa shape index (κ3) is 7.64. The summed E-state index contributed by atoms with van der Waals surface area (Å²) >= 11 is 12.2. The van der Waals surface area contributed by atoms with Crippen LogP contribution in [-0.2, 0) is 14.2 Å². The Labute approximate surface area is 234 Å². The van der Waals surface area contributed by atoms with Gasteiger partial charge in [-0.2, -0.15) is 17.6 Å². The zero-order valence-electron chi connectivity index (χ0n) is 21.2. The molecule has 11 heteroatoms. The Morgan fingerprint density at radius 2 is 1.67 bits per heavy atom. The monoisotopic (exact) mass is 594 g/mol. The number of alkyl halides is 2. The second-order valence-corrected chi connectivity index (χ2v) is 10.7. The van der Waals surface area contributed by atoms with Crippen LogP contribution >= 0.6 is 23.2 Å². The third-order valence-corrected chi connectivity index (χ3v) is 7.54. The lowest BCUT2D eigenvalue weighted by molar-refractivity contribution is -0.390. The van der Waals surface area contributed by atoms with E-state index in [4.69, 9.17) is 42.1 Å². The summed E-state index contributed by atoms with van der Waals surface area (Å²) in [6.45, 7) is 2.46. The highest BCUT2D eigenvalue weighted by Crippen LogP contribution is 2.41. The highest BCUT2D eigenvalue weighted by Gasteiger charge is 2.47. The minimum Gasteiger partial charge on any atom is -0.456 e. The first-order valence-corrected chi connectivity index (χ1v) is 13.6. The van der Waals surface area contributed by atoms with Gasteiger partial charge >= 0.3 is 12.2 Å². The van der Waals surface area contributed by atoms with E-state index in [9.17, 15) is 17.6 Å². The van der Waals surface area contributed by atoms with Gasteiger partial charge in [-0.1, -0.05) is 48.7 Å². The first-order chi connectivity index (χ1) is 18.6. The van der Waals surface area contributed by atoms with Crippen molar-refractivity contribution in [2.24, 2.45) is 5.92 Å². The van der Waals surface area contributed by atoms with Crippen LogP contribution in [0.15, 0.2) is 42.7 Å². The molecule has 1 heterocycles. The molecule has 1 saturated heterocycles. The van der Waals surface area contributed by atoms with Crippen molar-refractivity contribution in [3.8, 4) is 16.9 Å². The fraction of sp³-hybridized carbons (Fsp3) is 0.500. The van der Waals surface area contributed by atoms with Gasteiger partial charge in [-0.15, -0.1) is 0 Å². The number of hydrogen-bond acceptors (Lipinski definition) is 4. The Bertz CT molecular complexity index is 1140. The average molecular weight is 595 g/mol. The van der Waals surface area contributed by atoms with E-state index in [2.05, 4.69) is 0 Å². The smallest absolute Gasteiger partial charge is 0.406 e. The Morgan fingerprint density at radius 3 is 2.23 bits per heavy atom. The zero-order chi connectivity index (χ0) is 28.2. The molecule has 4 rings (SSSR count). The minimum absolute atomic E-state index is 0.0238. The van der Waals surface area contributed by atoms with Crippen molar-refractivity contribution < 1.29 is 40.9 Å². The summed E-state index contributed by atoms with van der Waals surface area (Å²) in [4.78, 5) is 0. The lowest BCUT2D eigenvalue weighted by atomic mass is 9.82. The van der Waals surface area contributed by atoms with Crippen molar-refractivity contribution in [2.75, 3.05) is 13.2 Å². The fourth-order valence-corrected chi connectivity index (χ4v) is 5.63. The molecule has 2 fully saturated rings. The molecular weight excluding hydrogens is 566 g/mol. The van der Waals surface area contributed by atoms with Crippen LogP contribution in [0.1, 0.15) is 56.9 Å². The number of hydrogen-bond donors (Lipinski definition) is 0. The molecule has 0 N–H and O–H groups in total. The Balaban J connectivity index is 1.35. The molecule has 1 aliphatic carbocycles. The van der Waals surface area contributed by atoms with Crippen molar-refractivity contribution in [1.29, 1.82) is 0 Å². The van der Waals surface area contributed by atoms with Crippen molar-refractivity contribution in [1.82, 2.24) is 0 Å². The molecule has 214 valence electrons. The van der Waals surface area contributed by atoms with Crippen LogP contribution in [-0.4, -0.2) is 31.7 Å². The quantitative estimate of drug-likeness (QED) is 0.214. The molecule has 39 heavy (non-hydrogen) atoms. The van der Waals surface area contributed by atoms with E-state index in [0.717, 1.165) is 18.4 Å². The average Bonchev–Trinajstić information content (AvgIpc) is 2.88. The molecule has 2 aromatic carbocycles. The summed E-state index contributed by atoms with van der Waals surface area (Å²) < 4.78 is 89.5. The third-order valence-electron chi connectivity index (χ3n) is 6.98.